The Hall–Kier alpha value is -2.95. The number of likely N-dealkylation sites (tertiary alicyclic amines) is 2. The van der Waals surface area contributed by atoms with E-state index in [9.17, 15) is 18.9 Å². The molecule has 1 unspecified atom stereocenters. The van der Waals surface area contributed by atoms with Gasteiger partial charge in [0.15, 0.2) is 0 Å². The van der Waals surface area contributed by atoms with Crippen molar-refractivity contribution in [2.45, 2.75) is 62.3 Å². The van der Waals surface area contributed by atoms with E-state index in [1.807, 2.05) is 18.7 Å². The second-order valence-corrected chi connectivity index (χ2v) is 14.1. The first-order valence-electron chi connectivity index (χ1n) is 15.0. The lowest BCUT2D eigenvalue weighted by molar-refractivity contribution is -0.110. The summed E-state index contributed by atoms with van der Waals surface area (Å²) in [5.41, 5.74) is 5.19. The summed E-state index contributed by atoms with van der Waals surface area (Å²) in [5, 5.41) is 13.6. The van der Waals surface area contributed by atoms with Gasteiger partial charge in [0.1, 0.15) is 0 Å². The first-order chi connectivity index (χ1) is 21.2. The Morgan fingerprint density at radius 2 is 1.82 bits per heavy atom. The van der Waals surface area contributed by atoms with Crippen LogP contribution in [0.2, 0.25) is 10.0 Å². The number of anilines is 1. The molecule has 4 heterocycles. The van der Waals surface area contributed by atoms with Gasteiger partial charge in [0.2, 0.25) is 0 Å². The van der Waals surface area contributed by atoms with Gasteiger partial charge in [-0.1, -0.05) is 29.3 Å². The largest absolute Gasteiger partial charge is 0.395 e. The molecule has 3 aliphatic heterocycles. The summed E-state index contributed by atoms with van der Waals surface area (Å²) in [4.78, 5) is 35.2. The van der Waals surface area contributed by atoms with Gasteiger partial charge in [-0.3, -0.25) is 18.7 Å². The van der Waals surface area contributed by atoms with Crippen molar-refractivity contribution in [1.82, 2.24) is 14.8 Å². The van der Waals surface area contributed by atoms with Gasteiger partial charge in [-0.2, -0.15) is 0 Å². The van der Waals surface area contributed by atoms with Crippen LogP contribution in [0.3, 0.4) is 0 Å². The van der Waals surface area contributed by atoms with Crippen LogP contribution in [0.4, 0.5) is 5.69 Å². The smallest absolute Gasteiger partial charge is 0.256 e. The molecule has 2 amide bonds. The van der Waals surface area contributed by atoms with E-state index in [1.165, 1.54) is 0 Å². The van der Waals surface area contributed by atoms with Crippen LogP contribution in [0.1, 0.15) is 64.1 Å². The lowest BCUT2D eigenvalue weighted by Crippen LogP contribution is -2.45. The molecule has 232 valence electrons. The van der Waals surface area contributed by atoms with E-state index < -0.39 is 10.8 Å². The molecule has 3 aromatic rings. The minimum absolute atomic E-state index is 0.00432. The highest BCUT2D eigenvalue weighted by molar-refractivity contribution is 7.84. The van der Waals surface area contributed by atoms with E-state index in [1.54, 1.807) is 42.5 Å². The number of amides is 2. The predicted molar refractivity (Wildman–Crippen MR) is 176 cm³/mol. The summed E-state index contributed by atoms with van der Waals surface area (Å²) >= 11 is 12.6. The summed E-state index contributed by atoms with van der Waals surface area (Å²) in [7, 11) is -1.45. The highest BCUT2D eigenvalue weighted by Crippen LogP contribution is 2.37. The number of aryl methyl sites for hydroxylation is 1. The summed E-state index contributed by atoms with van der Waals surface area (Å²) in [6.07, 6.45) is 5.74. The van der Waals surface area contributed by atoms with Crippen LogP contribution in [0.25, 0.3) is 11.6 Å². The van der Waals surface area contributed by atoms with E-state index in [2.05, 4.69) is 15.2 Å². The number of aromatic nitrogens is 1. The average molecular weight is 656 g/mol. The Labute approximate surface area is 269 Å². The van der Waals surface area contributed by atoms with Gasteiger partial charge in [-0.15, -0.1) is 0 Å². The van der Waals surface area contributed by atoms with Crippen molar-refractivity contribution in [1.29, 1.82) is 0 Å². The third-order valence-corrected chi connectivity index (χ3v) is 11.2. The minimum Gasteiger partial charge on any atom is -0.395 e. The van der Waals surface area contributed by atoms with E-state index in [-0.39, 0.29) is 36.3 Å². The Morgan fingerprint density at radius 3 is 2.57 bits per heavy atom. The molecule has 2 saturated heterocycles. The Balaban J connectivity index is 1.25. The number of nitrogens with one attached hydrogen (secondary N) is 2. The van der Waals surface area contributed by atoms with Gasteiger partial charge >= 0.3 is 0 Å². The van der Waals surface area contributed by atoms with Crippen LogP contribution in [-0.4, -0.2) is 74.2 Å². The quantitative estimate of drug-likeness (QED) is 0.266. The van der Waals surface area contributed by atoms with Gasteiger partial charge < -0.3 is 20.3 Å². The Kier molecular flexibility index (Phi) is 9.04. The van der Waals surface area contributed by atoms with Crippen LogP contribution < -0.4 is 5.32 Å². The topological polar surface area (TPSA) is 106 Å². The predicted octanol–water partition coefficient (Wildman–Crippen LogP) is 5.80. The minimum atomic E-state index is -1.45. The maximum absolute atomic E-state index is 13.9. The number of benzene rings is 2. The third kappa shape index (κ3) is 5.88. The number of carbonyl (C=O) groups excluding carboxylic acids is 2. The molecule has 0 spiro atoms. The van der Waals surface area contributed by atoms with E-state index in [0.717, 1.165) is 50.0 Å². The molecule has 2 aromatic carbocycles. The van der Waals surface area contributed by atoms with Crippen molar-refractivity contribution in [3.8, 4) is 0 Å². The van der Waals surface area contributed by atoms with E-state index in [0.29, 0.717) is 55.1 Å². The van der Waals surface area contributed by atoms with E-state index in [4.69, 9.17) is 23.2 Å². The molecule has 0 saturated carbocycles. The van der Waals surface area contributed by atoms with Crippen LogP contribution in [-0.2, 0) is 21.3 Å². The molecule has 2 fully saturated rings. The third-order valence-electron chi connectivity index (χ3n) is 9.15. The molecular weight excluding hydrogens is 619 g/mol. The molecule has 11 heteroatoms. The molecule has 8 nitrogen and oxygen atoms in total. The molecule has 3 atom stereocenters. The molecule has 3 aliphatic rings. The number of hydrogen-bond acceptors (Lipinski definition) is 5. The molecule has 6 rings (SSSR count). The van der Waals surface area contributed by atoms with Gasteiger partial charge in [-0.05, 0) is 88.0 Å². The monoisotopic (exact) mass is 654 g/mol. The lowest BCUT2D eigenvalue weighted by atomic mass is 10.0. The second kappa shape index (κ2) is 12.8. The molecule has 1 aromatic heterocycles. The van der Waals surface area contributed by atoms with Crippen LogP contribution in [0, 0.1) is 13.8 Å². The number of fused-ring (bicyclic) bond motifs is 1. The normalized spacial score (nSPS) is 21.7. The van der Waals surface area contributed by atoms with Crippen molar-refractivity contribution in [3.63, 3.8) is 0 Å². The number of rotatable bonds is 8. The number of H-pyrrole nitrogens is 1. The molecule has 0 bridgehead atoms. The number of aromatic amines is 1. The maximum atomic E-state index is 13.9. The number of hydrogen-bond donors (Lipinski definition) is 3. The number of aliphatic hydroxyl groups excluding tert-OH is 1. The van der Waals surface area contributed by atoms with Crippen molar-refractivity contribution < 1.29 is 18.9 Å². The van der Waals surface area contributed by atoms with Gasteiger partial charge in [0.05, 0.1) is 34.3 Å². The number of aliphatic hydroxyl groups is 1. The Bertz CT molecular complexity index is 1670. The summed E-state index contributed by atoms with van der Waals surface area (Å²) in [6, 6.07) is 10.7. The maximum Gasteiger partial charge on any atom is 0.256 e. The fraction of sp³-hybridized carbons (Fsp3) is 0.394. The van der Waals surface area contributed by atoms with Crippen LogP contribution in [0.15, 0.2) is 41.3 Å². The molecule has 0 aliphatic carbocycles. The summed E-state index contributed by atoms with van der Waals surface area (Å²) in [5.74, 6) is -0.121. The SMILES string of the molecule is Cc1[nH]c(C=C2C(=O)Nc3ccc(S(=O)Cc4c(Cl)cccc4Cl)cc32)c(C)c1C(=O)N1CCC[C@@H]1CN1CCC[C@H]1CO. The number of halogens is 2. The molecule has 0 radical (unpaired) electrons. The first-order valence-corrected chi connectivity index (χ1v) is 17.1. The van der Waals surface area contributed by atoms with Crippen molar-refractivity contribution in [2.24, 2.45) is 0 Å². The fourth-order valence-electron chi connectivity index (χ4n) is 6.77. The fourth-order valence-corrected chi connectivity index (χ4v) is 8.67. The first kappa shape index (κ1) is 31.0. The molecule has 3 N–H and O–H groups in total. The number of nitrogens with zero attached hydrogens (tertiary/aromatic N) is 2. The van der Waals surface area contributed by atoms with Crippen molar-refractivity contribution in [2.75, 3.05) is 31.6 Å². The zero-order chi connectivity index (χ0) is 31.1. The molecular formula is C33H36Cl2N4O4S. The van der Waals surface area contributed by atoms with Crippen LogP contribution >= 0.6 is 23.2 Å². The average Bonchev–Trinajstić information content (AvgIpc) is 3.78. The van der Waals surface area contributed by atoms with Gasteiger partial charge in [-0.25, -0.2) is 0 Å². The Morgan fingerprint density at radius 1 is 1.09 bits per heavy atom. The number of carbonyl (C=O) groups is 2. The molecule has 44 heavy (non-hydrogen) atoms. The lowest BCUT2D eigenvalue weighted by Gasteiger charge is -2.31. The summed E-state index contributed by atoms with van der Waals surface area (Å²) < 4.78 is 13.3. The zero-order valence-electron chi connectivity index (χ0n) is 24.8. The highest BCUT2D eigenvalue weighted by Gasteiger charge is 2.36. The van der Waals surface area contributed by atoms with Gasteiger partial charge in [0, 0.05) is 68.3 Å². The highest BCUT2D eigenvalue weighted by atomic mass is 35.5. The van der Waals surface area contributed by atoms with Crippen molar-refractivity contribution in [3.05, 3.63) is 80.1 Å². The van der Waals surface area contributed by atoms with Gasteiger partial charge in [0.25, 0.3) is 11.8 Å². The summed E-state index contributed by atoms with van der Waals surface area (Å²) in [6.45, 7) is 6.38. The van der Waals surface area contributed by atoms with E-state index >= 15 is 0 Å². The van der Waals surface area contributed by atoms with Crippen LogP contribution in [0.5, 0.6) is 0 Å². The standard InChI is InChI=1S/C33H36Cl2N4O4S/c1-19-30(36-20(2)31(19)33(42)39-13-5-6-21(39)16-38-12-4-7-22(38)17-40)15-25-24-14-23(10-11-29(24)37-32(25)41)44(43)18-26-27(34)8-3-9-28(26)35/h3,8-11,14-15,21-22,36,40H,4-7,12-13,16-18H2,1-2H3,(H,37,41)/t21-,22+,44?/m1/s1. The zero-order valence-corrected chi connectivity index (χ0v) is 27.1. The van der Waals surface area contributed by atoms with Crippen molar-refractivity contribution >= 4 is 63.2 Å². The second-order valence-electron chi connectivity index (χ2n) is 11.8.